The molecule has 0 saturated heterocycles. The molecule has 4 N–H and O–H groups in total. The lowest BCUT2D eigenvalue weighted by atomic mass is 10.0. The summed E-state index contributed by atoms with van der Waals surface area (Å²) in [6.07, 6.45) is 15.4. The fraction of sp³-hybridized carbons (Fsp3) is 0.567. The van der Waals surface area contributed by atoms with Crippen LogP contribution in [0.1, 0.15) is 90.9 Å². The van der Waals surface area contributed by atoms with Crippen molar-refractivity contribution in [2.75, 3.05) is 18.6 Å². The fourth-order valence-electron chi connectivity index (χ4n) is 4.04. The van der Waals surface area contributed by atoms with Crippen molar-refractivity contribution in [2.24, 2.45) is 0 Å². The molecule has 0 aliphatic rings. The molecule has 0 aliphatic carbocycles. The monoisotopic (exact) mass is 513 g/mol. The van der Waals surface area contributed by atoms with E-state index in [1.807, 2.05) is 12.1 Å². The number of rotatable bonds is 20. The number of amides is 2. The Morgan fingerprint density at radius 2 is 1.41 bits per heavy atom. The van der Waals surface area contributed by atoms with Gasteiger partial charge in [0.05, 0.1) is 11.8 Å². The van der Waals surface area contributed by atoms with E-state index in [-0.39, 0.29) is 11.8 Å². The van der Waals surface area contributed by atoms with Crippen molar-refractivity contribution >= 4 is 11.7 Å². The first-order chi connectivity index (χ1) is 18.1. The predicted octanol–water partition coefficient (Wildman–Crippen LogP) is 7.92. The summed E-state index contributed by atoms with van der Waals surface area (Å²) >= 11 is 0. The molecule has 0 saturated carbocycles. The number of carbonyl (C=O) groups excluding carboxylic acids is 1. The third-order valence-electron chi connectivity index (χ3n) is 6.29. The Balaban J connectivity index is 1.48. The van der Waals surface area contributed by atoms with Crippen molar-refractivity contribution < 1.29 is 19.4 Å². The minimum absolute atomic E-state index is 0.193. The summed E-state index contributed by atoms with van der Waals surface area (Å²) in [7, 11) is 0. The SMILES string of the molecule is CCCCCCCCCCCC(CC)OCCCNC(=O)NNc1ccc(Oc2ccc(O)cc2)cc1. The van der Waals surface area contributed by atoms with Crippen molar-refractivity contribution in [3.8, 4) is 17.2 Å². The number of hydrogen-bond donors (Lipinski definition) is 4. The standard InChI is InChI=1S/C30H47N3O4/c1-3-5-6-7-8-9-10-11-12-14-27(4-2)36-24-13-23-31-30(35)33-32-25-15-19-28(20-16-25)37-29-21-17-26(34)18-22-29/h15-22,27,32,34H,3-14,23-24H2,1-2H3,(H2,31,33,35). The second kappa shape index (κ2) is 19.2. The zero-order valence-corrected chi connectivity index (χ0v) is 22.8. The van der Waals surface area contributed by atoms with Gasteiger partial charge in [-0.1, -0.05) is 71.6 Å². The second-order valence-corrected chi connectivity index (χ2v) is 9.50. The molecule has 2 amide bonds. The van der Waals surface area contributed by atoms with Crippen molar-refractivity contribution in [1.29, 1.82) is 0 Å². The summed E-state index contributed by atoms with van der Waals surface area (Å²) in [5.41, 5.74) is 6.25. The van der Waals surface area contributed by atoms with Crippen LogP contribution in [0, 0.1) is 0 Å². The number of carbonyl (C=O) groups is 1. The largest absolute Gasteiger partial charge is 0.508 e. The van der Waals surface area contributed by atoms with Gasteiger partial charge in [-0.25, -0.2) is 4.79 Å². The molecule has 0 bridgehead atoms. The molecule has 7 heteroatoms. The van der Waals surface area contributed by atoms with Gasteiger partial charge in [-0.05, 0) is 67.8 Å². The number of benzene rings is 2. The Kier molecular flexibility index (Phi) is 15.7. The van der Waals surface area contributed by atoms with Crippen molar-refractivity contribution in [3.63, 3.8) is 0 Å². The number of hydrogen-bond acceptors (Lipinski definition) is 5. The predicted molar refractivity (Wildman–Crippen MR) is 151 cm³/mol. The van der Waals surface area contributed by atoms with E-state index >= 15 is 0 Å². The number of anilines is 1. The van der Waals surface area contributed by atoms with E-state index < -0.39 is 0 Å². The molecule has 0 aromatic heterocycles. The molecule has 0 fully saturated rings. The van der Waals surface area contributed by atoms with Crippen LogP contribution < -0.4 is 20.9 Å². The van der Waals surface area contributed by atoms with E-state index in [1.165, 1.54) is 57.8 Å². The van der Waals surface area contributed by atoms with Crippen LogP contribution in [0.25, 0.3) is 0 Å². The van der Waals surface area contributed by atoms with Crippen LogP contribution in [0.15, 0.2) is 48.5 Å². The average molecular weight is 514 g/mol. The molecule has 2 rings (SSSR count). The quantitative estimate of drug-likeness (QED) is 0.107. The minimum Gasteiger partial charge on any atom is -0.508 e. The smallest absolute Gasteiger partial charge is 0.333 e. The molecule has 37 heavy (non-hydrogen) atoms. The van der Waals surface area contributed by atoms with E-state index in [1.54, 1.807) is 36.4 Å². The maximum absolute atomic E-state index is 12.0. The van der Waals surface area contributed by atoms with Gasteiger partial charge in [0, 0.05) is 13.2 Å². The van der Waals surface area contributed by atoms with Crippen LogP contribution in [0.3, 0.4) is 0 Å². The zero-order chi connectivity index (χ0) is 26.6. The Labute approximate surface area is 223 Å². The molecular weight excluding hydrogens is 466 g/mol. The number of unbranched alkanes of at least 4 members (excludes halogenated alkanes) is 8. The molecular formula is C30H47N3O4. The van der Waals surface area contributed by atoms with Gasteiger partial charge in [-0.2, -0.15) is 0 Å². The van der Waals surface area contributed by atoms with Crippen molar-refractivity contribution in [2.45, 2.75) is 97.0 Å². The molecule has 0 heterocycles. The molecule has 0 radical (unpaired) electrons. The number of ether oxygens (including phenoxy) is 2. The van der Waals surface area contributed by atoms with Gasteiger partial charge in [-0.15, -0.1) is 0 Å². The first kappa shape index (κ1) is 30.3. The zero-order valence-electron chi connectivity index (χ0n) is 22.8. The van der Waals surface area contributed by atoms with E-state index in [0.717, 1.165) is 24.9 Å². The van der Waals surface area contributed by atoms with Gasteiger partial charge < -0.3 is 19.9 Å². The van der Waals surface area contributed by atoms with E-state index in [4.69, 9.17) is 9.47 Å². The third-order valence-corrected chi connectivity index (χ3v) is 6.29. The van der Waals surface area contributed by atoms with E-state index in [0.29, 0.717) is 30.8 Å². The number of nitrogens with one attached hydrogen (secondary N) is 3. The van der Waals surface area contributed by atoms with Crippen LogP contribution in [-0.4, -0.2) is 30.4 Å². The summed E-state index contributed by atoms with van der Waals surface area (Å²) in [5.74, 6) is 1.48. The van der Waals surface area contributed by atoms with Crippen molar-refractivity contribution in [1.82, 2.24) is 10.7 Å². The number of hydrazine groups is 1. The van der Waals surface area contributed by atoms with Crippen LogP contribution in [0.5, 0.6) is 17.2 Å². The maximum atomic E-state index is 12.0. The molecule has 1 unspecified atom stereocenters. The molecule has 0 aliphatic heterocycles. The van der Waals surface area contributed by atoms with Crippen LogP contribution in [0.2, 0.25) is 0 Å². The topological polar surface area (TPSA) is 91.9 Å². The fourth-order valence-corrected chi connectivity index (χ4v) is 4.04. The van der Waals surface area contributed by atoms with Crippen LogP contribution in [-0.2, 0) is 4.74 Å². The van der Waals surface area contributed by atoms with E-state index in [9.17, 15) is 9.90 Å². The lowest BCUT2D eigenvalue weighted by Crippen LogP contribution is -2.39. The second-order valence-electron chi connectivity index (χ2n) is 9.50. The summed E-state index contributed by atoms with van der Waals surface area (Å²) in [6.45, 7) is 5.66. The average Bonchev–Trinajstić information content (AvgIpc) is 2.91. The van der Waals surface area contributed by atoms with Gasteiger partial charge in [0.2, 0.25) is 0 Å². The lowest BCUT2D eigenvalue weighted by molar-refractivity contribution is 0.0421. The molecule has 1 atom stereocenters. The highest BCUT2D eigenvalue weighted by molar-refractivity contribution is 5.75. The first-order valence-electron chi connectivity index (χ1n) is 14.1. The van der Waals surface area contributed by atoms with Gasteiger partial charge >= 0.3 is 6.03 Å². The third kappa shape index (κ3) is 14.4. The highest BCUT2D eigenvalue weighted by atomic mass is 16.5. The van der Waals surface area contributed by atoms with Gasteiger partial charge in [0.25, 0.3) is 0 Å². The summed E-state index contributed by atoms with van der Waals surface area (Å²) < 4.78 is 11.7. The highest BCUT2D eigenvalue weighted by Crippen LogP contribution is 2.24. The molecule has 7 nitrogen and oxygen atoms in total. The lowest BCUT2D eigenvalue weighted by Gasteiger charge is -2.16. The van der Waals surface area contributed by atoms with Crippen LogP contribution >= 0.6 is 0 Å². The molecule has 0 spiro atoms. The molecule has 2 aromatic carbocycles. The number of aromatic hydroxyl groups is 1. The molecule has 206 valence electrons. The Morgan fingerprint density at radius 3 is 2.03 bits per heavy atom. The van der Waals surface area contributed by atoms with Gasteiger partial charge in [0.1, 0.15) is 17.2 Å². The summed E-state index contributed by atoms with van der Waals surface area (Å²) in [6, 6.07) is 13.4. The Hall–Kier alpha value is -2.93. The minimum atomic E-state index is -0.286. The van der Waals surface area contributed by atoms with Gasteiger partial charge in [0.15, 0.2) is 0 Å². The van der Waals surface area contributed by atoms with Gasteiger partial charge in [-0.3, -0.25) is 10.9 Å². The maximum Gasteiger partial charge on any atom is 0.333 e. The van der Waals surface area contributed by atoms with Crippen LogP contribution in [0.4, 0.5) is 10.5 Å². The number of phenols is 1. The normalized spacial score (nSPS) is 11.6. The highest BCUT2D eigenvalue weighted by Gasteiger charge is 2.07. The number of phenolic OH excluding ortho intramolecular Hbond substituents is 1. The Morgan fingerprint density at radius 1 is 0.811 bits per heavy atom. The van der Waals surface area contributed by atoms with E-state index in [2.05, 4.69) is 30.0 Å². The number of urea groups is 1. The Bertz CT molecular complexity index is 843. The van der Waals surface area contributed by atoms with Crippen molar-refractivity contribution in [3.05, 3.63) is 48.5 Å². The summed E-state index contributed by atoms with van der Waals surface area (Å²) in [5, 5.41) is 12.2. The molecule has 2 aromatic rings. The summed E-state index contributed by atoms with van der Waals surface area (Å²) in [4.78, 5) is 12.0. The first-order valence-corrected chi connectivity index (χ1v) is 14.1.